The lowest BCUT2D eigenvalue weighted by molar-refractivity contribution is -0.152. The molecule has 2 bridgehead atoms. The molecule has 47 heavy (non-hydrogen) atoms. The molecule has 2 unspecified atom stereocenters. The molecule has 1 aromatic rings. The number of aliphatic hydroxyl groups is 1. The Morgan fingerprint density at radius 2 is 1.77 bits per heavy atom. The second-order valence-electron chi connectivity index (χ2n) is 13.0. The molecule has 4 aliphatic rings. The van der Waals surface area contributed by atoms with Gasteiger partial charge < -0.3 is 34.0 Å². The van der Waals surface area contributed by atoms with Gasteiger partial charge in [0.1, 0.15) is 17.4 Å². The molecule has 3 amide bonds. The van der Waals surface area contributed by atoms with E-state index in [1.165, 1.54) is 0 Å². The lowest BCUT2D eigenvalue weighted by atomic mass is 9.64. The predicted molar refractivity (Wildman–Crippen MR) is 179 cm³/mol. The summed E-state index contributed by atoms with van der Waals surface area (Å²) in [7, 11) is 0. The summed E-state index contributed by atoms with van der Waals surface area (Å²) in [6.07, 6.45) is 6.08. The van der Waals surface area contributed by atoms with Crippen LogP contribution < -0.4 is 9.64 Å². The number of rotatable bonds is 17. The van der Waals surface area contributed by atoms with Gasteiger partial charge in [-0.25, -0.2) is 0 Å². The molecule has 4 heterocycles. The first-order chi connectivity index (χ1) is 22.8. The maximum absolute atomic E-state index is 14.8. The van der Waals surface area contributed by atoms with Gasteiger partial charge in [-0.05, 0) is 63.3 Å². The van der Waals surface area contributed by atoms with Crippen LogP contribution in [0.4, 0.5) is 5.69 Å². The Bertz CT molecular complexity index is 1280. The molecule has 11 heteroatoms. The number of unbranched alkanes of at least 4 members (excludes halogenated alkanes) is 1. The predicted octanol–water partition coefficient (Wildman–Crippen LogP) is 2.88. The molecule has 1 spiro atoms. The molecule has 0 aromatic heterocycles. The van der Waals surface area contributed by atoms with E-state index in [9.17, 15) is 19.5 Å². The molecule has 4 aliphatic heterocycles. The summed E-state index contributed by atoms with van der Waals surface area (Å²) in [5.74, 6) is -1.45. The number of morpholine rings is 1. The van der Waals surface area contributed by atoms with Crippen LogP contribution in [0.25, 0.3) is 0 Å². The molecule has 0 aliphatic carbocycles. The van der Waals surface area contributed by atoms with Crippen molar-refractivity contribution in [3.05, 3.63) is 49.6 Å². The molecule has 258 valence electrons. The zero-order valence-corrected chi connectivity index (χ0v) is 28.1. The van der Waals surface area contributed by atoms with Gasteiger partial charge in [0.25, 0.3) is 0 Å². The number of aliphatic hydroxyl groups excluding tert-OH is 1. The van der Waals surface area contributed by atoms with E-state index in [1.807, 2.05) is 38.1 Å². The number of hydrogen-bond donors (Lipinski definition) is 1. The number of likely N-dealkylation sites (tertiary alicyclic amines) is 1. The molecule has 1 aromatic carbocycles. The van der Waals surface area contributed by atoms with E-state index in [4.69, 9.17) is 14.2 Å². The Hall–Kier alpha value is -3.25. The Labute approximate surface area is 279 Å². The fraction of sp³-hybridized carbons (Fsp3) is 0.639. The number of nitrogens with zero attached hydrogens (tertiary/aromatic N) is 4. The highest BCUT2D eigenvalue weighted by atomic mass is 16.5. The van der Waals surface area contributed by atoms with Crippen LogP contribution in [0.5, 0.6) is 5.75 Å². The fourth-order valence-electron chi connectivity index (χ4n) is 8.22. The van der Waals surface area contributed by atoms with Gasteiger partial charge in [-0.1, -0.05) is 19.1 Å². The first kappa shape index (κ1) is 35.1. The van der Waals surface area contributed by atoms with E-state index >= 15 is 0 Å². The SMILES string of the molecule is C=CCN(CCN1CCOCC1)C(=O)C1N(CCCCO)C(=O)[C@@H]2[C@H](C(=O)N(CC=C)c3ccc(OCC)cc3)[C@]3(CC)CCC12O3. The third-order valence-corrected chi connectivity index (χ3v) is 10.5. The van der Waals surface area contributed by atoms with E-state index in [2.05, 4.69) is 18.1 Å². The Morgan fingerprint density at radius 3 is 2.40 bits per heavy atom. The van der Waals surface area contributed by atoms with Crippen molar-refractivity contribution >= 4 is 23.4 Å². The Balaban J connectivity index is 1.50. The molecular weight excluding hydrogens is 600 g/mol. The minimum absolute atomic E-state index is 0.00743. The highest BCUT2D eigenvalue weighted by Crippen LogP contribution is 2.64. The molecule has 1 N–H and O–H groups in total. The van der Waals surface area contributed by atoms with Crippen molar-refractivity contribution in [2.24, 2.45) is 11.8 Å². The molecule has 4 saturated heterocycles. The van der Waals surface area contributed by atoms with Crippen LogP contribution in [-0.2, 0) is 23.9 Å². The van der Waals surface area contributed by atoms with Crippen LogP contribution in [0.2, 0.25) is 0 Å². The molecule has 0 saturated carbocycles. The first-order valence-corrected chi connectivity index (χ1v) is 17.3. The summed E-state index contributed by atoms with van der Waals surface area (Å²) in [5.41, 5.74) is -1.31. The lowest BCUT2D eigenvalue weighted by Gasteiger charge is -2.37. The van der Waals surface area contributed by atoms with Crippen molar-refractivity contribution in [3.63, 3.8) is 0 Å². The van der Waals surface area contributed by atoms with Gasteiger partial charge in [-0.2, -0.15) is 0 Å². The lowest BCUT2D eigenvalue weighted by Crippen LogP contribution is -2.57. The van der Waals surface area contributed by atoms with E-state index < -0.39 is 29.1 Å². The highest BCUT2D eigenvalue weighted by Gasteiger charge is 2.79. The first-order valence-electron chi connectivity index (χ1n) is 17.3. The number of fused-ring (bicyclic) bond motifs is 1. The Kier molecular flexibility index (Phi) is 11.4. The van der Waals surface area contributed by atoms with Crippen LogP contribution >= 0.6 is 0 Å². The zero-order chi connectivity index (χ0) is 33.6. The maximum Gasteiger partial charge on any atom is 0.248 e. The summed E-state index contributed by atoms with van der Waals surface area (Å²) in [6.45, 7) is 17.3. The van der Waals surface area contributed by atoms with E-state index in [1.54, 1.807) is 26.9 Å². The summed E-state index contributed by atoms with van der Waals surface area (Å²) in [5, 5.41) is 9.55. The molecular formula is C36H52N4O7. The second kappa shape index (κ2) is 15.3. The monoisotopic (exact) mass is 652 g/mol. The summed E-state index contributed by atoms with van der Waals surface area (Å²) in [6, 6.07) is 6.49. The van der Waals surface area contributed by atoms with Crippen LogP contribution in [0.3, 0.4) is 0 Å². The van der Waals surface area contributed by atoms with Crippen molar-refractivity contribution in [2.75, 3.05) is 77.1 Å². The smallest absolute Gasteiger partial charge is 0.248 e. The minimum atomic E-state index is -1.12. The normalized spacial score (nSPS) is 28.3. The highest BCUT2D eigenvalue weighted by molar-refractivity contribution is 6.03. The number of carbonyl (C=O) groups excluding carboxylic acids is 3. The van der Waals surface area contributed by atoms with Gasteiger partial charge in [0.05, 0.1) is 37.3 Å². The van der Waals surface area contributed by atoms with Gasteiger partial charge in [-0.15, -0.1) is 13.2 Å². The van der Waals surface area contributed by atoms with Gasteiger partial charge >= 0.3 is 0 Å². The number of benzene rings is 1. The van der Waals surface area contributed by atoms with Crippen LogP contribution in [-0.4, -0.2) is 127 Å². The van der Waals surface area contributed by atoms with Gasteiger partial charge in [0, 0.05) is 58.1 Å². The van der Waals surface area contributed by atoms with Crippen molar-refractivity contribution in [2.45, 2.75) is 63.2 Å². The number of anilines is 1. The minimum Gasteiger partial charge on any atom is -0.494 e. The zero-order valence-electron chi connectivity index (χ0n) is 28.1. The summed E-state index contributed by atoms with van der Waals surface area (Å²) in [4.78, 5) is 51.5. The average molecular weight is 653 g/mol. The number of hydrogen-bond acceptors (Lipinski definition) is 8. The maximum atomic E-state index is 14.8. The van der Waals surface area contributed by atoms with E-state index in [0.717, 1.165) is 13.1 Å². The third kappa shape index (κ3) is 6.60. The number of amides is 3. The van der Waals surface area contributed by atoms with Crippen molar-refractivity contribution in [1.82, 2.24) is 14.7 Å². The molecule has 0 radical (unpaired) electrons. The van der Waals surface area contributed by atoms with Crippen molar-refractivity contribution in [1.29, 1.82) is 0 Å². The molecule has 5 atom stereocenters. The van der Waals surface area contributed by atoms with Crippen molar-refractivity contribution in [3.8, 4) is 5.75 Å². The molecule has 11 nitrogen and oxygen atoms in total. The Morgan fingerprint density at radius 1 is 1.04 bits per heavy atom. The van der Waals surface area contributed by atoms with E-state index in [-0.39, 0.29) is 30.9 Å². The standard InChI is InChI=1S/C36H52N4O7/c1-5-17-38(21-20-37-22-25-45-26-23-37)34(44)31-36-16-15-35(7-3,47-36)29(30(36)33(43)40(31)19-9-10-24-41)32(42)39(18-6-2)27-11-13-28(14-12-27)46-8-4/h5-6,11-14,29-31,41H,1-2,7-10,15-26H2,3-4H3/t29-,30+,31?,35+,36?/m1/s1. The number of carbonyl (C=O) groups is 3. The van der Waals surface area contributed by atoms with Crippen LogP contribution in [0.15, 0.2) is 49.6 Å². The van der Waals surface area contributed by atoms with Crippen molar-refractivity contribution < 1.29 is 33.7 Å². The largest absolute Gasteiger partial charge is 0.494 e. The fourth-order valence-corrected chi connectivity index (χ4v) is 8.22. The van der Waals surface area contributed by atoms with Gasteiger partial charge in [0.15, 0.2) is 0 Å². The number of ether oxygens (including phenoxy) is 3. The van der Waals surface area contributed by atoms with Crippen LogP contribution in [0, 0.1) is 11.8 Å². The van der Waals surface area contributed by atoms with Gasteiger partial charge in [-0.3, -0.25) is 19.3 Å². The van der Waals surface area contributed by atoms with E-state index in [0.29, 0.717) is 89.5 Å². The topological polar surface area (TPSA) is 112 Å². The van der Waals surface area contributed by atoms with Gasteiger partial charge in [0.2, 0.25) is 17.7 Å². The summed E-state index contributed by atoms with van der Waals surface area (Å²) < 4.78 is 18.1. The van der Waals surface area contributed by atoms with Crippen LogP contribution in [0.1, 0.15) is 46.0 Å². The third-order valence-electron chi connectivity index (χ3n) is 10.5. The second-order valence-corrected chi connectivity index (χ2v) is 13.0. The molecule has 5 rings (SSSR count). The quantitative estimate of drug-likeness (QED) is 0.202. The average Bonchev–Trinajstić information content (AvgIpc) is 3.69. The summed E-state index contributed by atoms with van der Waals surface area (Å²) >= 11 is 0. The molecule has 4 fully saturated rings.